The standard InChI is InChI=1S/C48H31N3.C48H30N2S/c1-3-13-34(14-4-1)49-43-20-10-7-17-37(43)40-29-32(23-26-46(40)49)33-24-27-47-41(30-33)38-18-8-12-22-45(38)51(47)36-25-28-48-42(31-36)39-19-9-11-21-44(39)50(48)35-15-5-2-6-16-35;1-2-11-31(12-3-1)32-21-25-35(26-22-32)49-41-16-7-4-13-36(41)39-29-33(23-27-43(39)49)34-24-28-44-40(30-34)37-14-5-8-17-42(37)50(44)45-18-10-20-47-48(45)38-15-6-9-19-46(38)51-47/h1-31H;1-30H. The highest BCUT2D eigenvalue weighted by Gasteiger charge is 2.22. The molecule has 6 heteroatoms. The van der Waals surface area contributed by atoms with E-state index in [1.165, 1.54) is 180 Å². The van der Waals surface area contributed by atoms with Gasteiger partial charge < -0.3 is 22.8 Å². The highest BCUT2D eigenvalue weighted by Crippen LogP contribution is 2.45. The van der Waals surface area contributed by atoms with E-state index < -0.39 is 0 Å². The van der Waals surface area contributed by atoms with Gasteiger partial charge in [0.25, 0.3) is 0 Å². The third-order valence-corrected chi connectivity index (χ3v) is 22.3. The molecule has 0 aliphatic carbocycles. The third kappa shape index (κ3) is 9.03. The van der Waals surface area contributed by atoms with E-state index in [9.17, 15) is 0 Å². The molecule has 16 aromatic carbocycles. The van der Waals surface area contributed by atoms with Gasteiger partial charge in [0, 0.05) is 96.8 Å². The molecule has 0 bridgehead atoms. The van der Waals surface area contributed by atoms with Crippen molar-refractivity contribution in [2.45, 2.75) is 0 Å². The fraction of sp³-hybridized carbons (Fsp3) is 0. The summed E-state index contributed by atoms with van der Waals surface area (Å²) in [7, 11) is 0. The van der Waals surface area contributed by atoms with Crippen LogP contribution >= 0.6 is 11.3 Å². The zero-order valence-electron chi connectivity index (χ0n) is 55.4. The number of fused-ring (bicyclic) bond motifs is 18. The van der Waals surface area contributed by atoms with E-state index in [4.69, 9.17) is 0 Å². The Hall–Kier alpha value is -13.3. The van der Waals surface area contributed by atoms with Gasteiger partial charge in [-0.2, -0.15) is 0 Å². The first-order valence-corrected chi connectivity index (χ1v) is 35.8. The predicted molar refractivity (Wildman–Crippen MR) is 434 cm³/mol. The number of hydrogen-bond acceptors (Lipinski definition) is 1. The molecule has 6 aromatic heterocycles. The Balaban J connectivity index is 0.000000133. The lowest BCUT2D eigenvalue weighted by Crippen LogP contribution is -1.95. The molecule has 6 heterocycles. The van der Waals surface area contributed by atoms with E-state index in [0.29, 0.717) is 0 Å². The maximum absolute atomic E-state index is 2.47. The van der Waals surface area contributed by atoms with Crippen LogP contribution in [-0.2, 0) is 0 Å². The third-order valence-electron chi connectivity index (χ3n) is 21.2. The Morgan fingerprint density at radius 1 is 0.157 bits per heavy atom. The van der Waals surface area contributed by atoms with E-state index >= 15 is 0 Å². The summed E-state index contributed by atoms with van der Waals surface area (Å²) in [6.07, 6.45) is 0. The normalized spacial score (nSPS) is 11.9. The fourth-order valence-corrected chi connectivity index (χ4v) is 17.7. The quantitative estimate of drug-likeness (QED) is 0.145. The minimum absolute atomic E-state index is 1.16. The summed E-state index contributed by atoms with van der Waals surface area (Å²) in [4.78, 5) is 0. The molecule has 0 N–H and O–H groups in total. The molecule has 0 saturated heterocycles. The molecular weight excluding hydrogens is 1260 g/mol. The Labute approximate surface area is 591 Å². The van der Waals surface area contributed by atoms with Crippen molar-refractivity contribution in [1.82, 2.24) is 22.8 Å². The van der Waals surface area contributed by atoms with Gasteiger partial charge in [-0.1, -0.05) is 218 Å². The highest BCUT2D eigenvalue weighted by molar-refractivity contribution is 7.25. The average molecular weight is 1320 g/mol. The first kappa shape index (κ1) is 57.8. The van der Waals surface area contributed by atoms with Crippen LogP contribution in [0.25, 0.3) is 191 Å². The van der Waals surface area contributed by atoms with Crippen LogP contribution < -0.4 is 0 Å². The van der Waals surface area contributed by atoms with Crippen molar-refractivity contribution in [2.75, 3.05) is 0 Å². The monoisotopic (exact) mass is 1320 g/mol. The minimum atomic E-state index is 1.16. The Morgan fingerprint density at radius 2 is 0.441 bits per heavy atom. The molecule has 0 spiro atoms. The van der Waals surface area contributed by atoms with E-state index in [2.05, 4.69) is 393 Å². The van der Waals surface area contributed by atoms with Crippen molar-refractivity contribution < 1.29 is 0 Å². The molecule has 0 unspecified atom stereocenters. The number of aromatic nitrogens is 5. The van der Waals surface area contributed by atoms with Crippen molar-refractivity contribution in [2.24, 2.45) is 0 Å². The molecule has 0 aliphatic heterocycles. The molecule has 22 rings (SSSR count). The zero-order chi connectivity index (χ0) is 66.9. The number of rotatable bonds is 8. The largest absolute Gasteiger partial charge is 0.309 e. The summed E-state index contributed by atoms with van der Waals surface area (Å²) in [6.45, 7) is 0. The van der Waals surface area contributed by atoms with Crippen LogP contribution in [0.15, 0.2) is 370 Å². The zero-order valence-corrected chi connectivity index (χ0v) is 56.2. The molecule has 0 fully saturated rings. The molecule has 5 nitrogen and oxygen atoms in total. The van der Waals surface area contributed by atoms with Gasteiger partial charge in [0.05, 0.1) is 60.9 Å². The second-order valence-electron chi connectivity index (χ2n) is 26.7. The van der Waals surface area contributed by atoms with E-state index in [1.807, 2.05) is 11.3 Å². The lowest BCUT2D eigenvalue weighted by atomic mass is 10.0. The second kappa shape index (κ2) is 23.2. The number of para-hydroxylation sites is 7. The molecule has 0 radical (unpaired) electrons. The Morgan fingerprint density at radius 3 is 0.882 bits per heavy atom. The van der Waals surface area contributed by atoms with E-state index in [-0.39, 0.29) is 0 Å². The van der Waals surface area contributed by atoms with Crippen molar-refractivity contribution >= 4 is 141 Å². The van der Waals surface area contributed by atoms with Crippen LogP contribution in [0.1, 0.15) is 0 Å². The Kier molecular flexibility index (Phi) is 13.1. The van der Waals surface area contributed by atoms with Gasteiger partial charge in [-0.15, -0.1) is 11.3 Å². The van der Waals surface area contributed by atoms with E-state index in [1.54, 1.807) is 0 Å². The van der Waals surface area contributed by atoms with Crippen LogP contribution in [0.3, 0.4) is 0 Å². The smallest absolute Gasteiger partial charge is 0.0555 e. The van der Waals surface area contributed by atoms with Crippen LogP contribution in [-0.4, -0.2) is 22.8 Å². The number of nitrogens with zero attached hydrogens (tertiary/aromatic N) is 5. The van der Waals surface area contributed by atoms with Gasteiger partial charge in [-0.05, 0) is 185 Å². The van der Waals surface area contributed by atoms with Gasteiger partial charge in [-0.3, -0.25) is 0 Å². The second-order valence-corrected chi connectivity index (χ2v) is 27.8. The molecule has 0 amide bonds. The molecule has 0 aliphatic rings. The van der Waals surface area contributed by atoms with Gasteiger partial charge >= 0.3 is 0 Å². The lowest BCUT2D eigenvalue weighted by molar-refractivity contribution is 1.17. The predicted octanol–water partition coefficient (Wildman–Crippen LogP) is 26.2. The molecule has 0 saturated carbocycles. The van der Waals surface area contributed by atoms with E-state index in [0.717, 1.165) is 11.4 Å². The number of thiophene rings is 1. The summed E-state index contributed by atoms with van der Waals surface area (Å²) in [5.41, 5.74) is 25.3. The summed E-state index contributed by atoms with van der Waals surface area (Å²) < 4.78 is 14.7. The minimum Gasteiger partial charge on any atom is -0.309 e. The van der Waals surface area contributed by atoms with Gasteiger partial charge in [0.15, 0.2) is 0 Å². The summed E-state index contributed by atoms with van der Waals surface area (Å²) in [6, 6.07) is 135. The highest BCUT2D eigenvalue weighted by atomic mass is 32.1. The van der Waals surface area contributed by atoms with Gasteiger partial charge in [0.1, 0.15) is 0 Å². The van der Waals surface area contributed by atoms with Crippen LogP contribution in [0, 0.1) is 0 Å². The van der Waals surface area contributed by atoms with Crippen molar-refractivity contribution in [3.8, 4) is 61.8 Å². The first-order chi connectivity index (χ1) is 50.6. The van der Waals surface area contributed by atoms with Crippen molar-refractivity contribution in [3.63, 3.8) is 0 Å². The summed E-state index contributed by atoms with van der Waals surface area (Å²) in [5, 5.41) is 15.2. The molecule has 22 aromatic rings. The molecule has 102 heavy (non-hydrogen) atoms. The SMILES string of the molecule is c1ccc(-c2ccc(-n3c4ccccc4c4cc(-c5ccc6c(c5)c5ccccc5n6-c5cccc6sc7ccccc7c56)ccc43)cc2)cc1.c1ccc(-n2c3ccccc3c3cc(-c4ccc5c(c4)c4ccccc4n5-c4ccc5c(c4)c4ccccc4n5-c4ccccc4)ccc32)cc1. The van der Waals surface area contributed by atoms with Gasteiger partial charge in [-0.25, -0.2) is 0 Å². The topological polar surface area (TPSA) is 24.6 Å². The summed E-state index contributed by atoms with van der Waals surface area (Å²) >= 11 is 1.87. The average Bonchev–Trinajstić information content (AvgIpc) is 1.59. The summed E-state index contributed by atoms with van der Waals surface area (Å²) in [5.74, 6) is 0. The fourth-order valence-electron chi connectivity index (χ4n) is 16.6. The maximum atomic E-state index is 2.47. The maximum Gasteiger partial charge on any atom is 0.0555 e. The van der Waals surface area contributed by atoms with Crippen molar-refractivity contribution in [3.05, 3.63) is 370 Å². The van der Waals surface area contributed by atoms with Crippen LogP contribution in [0.2, 0.25) is 0 Å². The van der Waals surface area contributed by atoms with Crippen LogP contribution in [0.4, 0.5) is 0 Å². The lowest BCUT2D eigenvalue weighted by Gasteiger charge is -2.11. The van der Waals surface area contributed by atoms with Gasteiger partial charge in [0.2, 0.25) is 0 Å². The molecule has 0 atom stereocenters. The molecule has 476 valence electrons. The van der Waals surface area contributed by atoms with Crippen molar-refractivity contribution in [1.29, 1.82) is 0 Å². The number of benzene rings is 16. The van der Waals surface area contributed by atoms with Crippen LogP contribution in [0.5, 0.6) is 0 Å². The molecular formula is C96H61N5S. The number of hydrogen-bond donors (Lipinski definition) is 0. The Bertz CT molecular complexity index is 7100. The first-order valence-electron chi connectivity index (χ1n) is 35.0.